The van der Waals surface area contributed by atoms with Gasteiger partial charge < -0.3 is 9.64 Å². The molecule has 21 heavy (non-hydrogen) atoms. The Morgan fingerprint density at radius 2 is 1.86 bits per heavy atom. The molecule has 4 heteroatoms. The van der Waals surface area contributed by atoms with Gasteiger partial charge in [0.15, 0.2) is 0 Å². The van der Waals surface area contributed by atoms with Crippen molar-refractivity contribution >= 4 is 11.9 Å². The van der Waals surface area contributed by atoms with Gasteiger partial charge in [-0.1, -0.05) is 35.9 Å². The van der Waals surface area contributed by atoms with E-state index in [9.17, 15) is 9.59 Å². The molecule has 0 radical (unpaired) electrons. The zero-order chi connectivity index (χ0) is 15.7. The molecule has 1 amide bonds. The SMILES string of the molecule is CCOC(=O)CCN(Cc1ccccc1)C(=O)C=C(C)C. The number of benzene rings is 1. The van der Waals surface area contributed by atoms with Crippen LogP contribution in [0.5, 0.6) is 0 Å². The summed E-state index contributed by atoms with van der Waals surface area (Å²) in [5, 5.41) is 0. The van der Waals surface area contributed by atoms with Crippen LogP contribution in [0.4, 0.5) is 0 Å². The van der Waals surface area contributed by atoms with E-state index >= 15 is 0 Å². The molecule has 4 nitrogen and oxygen atoms in total. The molecule has 0 aliphatic heterocycles. The molecule has 0 unspecified atom stereocenters. The van der Waals surface area contributed by atoms with Crippen molar-refractivity contribution in [3.05, 3.63) is 47.5 Å². The maximum Gasteiger partial charge on any atom is 0.307 e. The summed E-state index contributed by atoms with van der Waals surface area (Å²) in [6.45, 7) is 6.74. The van der Waals surface area contributed by atoms with Crippen molar-refractivity contribution in [3.8, 4) is 0 Å². The largest absolute Gasteiger partial charge is 0.466 e. The molecule has 0 aliphatic carbocycles. The van der Waals surface area contributed by atoms with Crippen molar-refractivity contribution in [1.29, 1.82) is 0 Å². The Morgan fingerprint density at radius 1 is 1.19 bits per heavy atom. The molecule has 0 bridgehead atoms. The Hall–Kier alpha value is -2.10. The monoisotopic (exact) mass is 289 g/mol. The number of allylic oxidation sites excluding steroid dienone is 1. The third-order valence-electron chi connectivity index (χ3n) is 2.83. The topological polar surface area (TPSA) is 46.6 Å². The van der Waals surface area contributed by atoms with E-state index in [1.165, 1.54) is 0 Å². The van der Waals surface area contributed by atoms with Gasteiger partial charge in [0.1, 0.15) is 0 Å². The van der Waals surface area contributed by atoms with Crippen molar-refractivity contribution in [3.63, 3.8) is 0 Å². The van der Waals surface area contributed by atoms with Gasteiger partial charge in [0.05, 0.1) is 13.0 Å². The minimum absolute atomic E-state index is 0.0804. The molecule has 114 valence electrons. The first-order valence-electron chi connectivity index (χ1n) is 7.16. The summed E-state index contributed by atoms with van der Waals surface area (Å²) < 4.78 is 4.91. The van der Waals surface area contributed by atoms with Crippen LogP contribution in [0.15, 0.2) is 42.0 Å². The van der Waals surface area contributed by atoms with Gasteiger partial charge in [-0.25, -0.2) is 0 Å². The Balaban J connectivity index is 2.72. The number of nitrogens with zero attached hydrogens (tertiary/aromatic N) is 1. The van der Waals surface area contributed by atoms with Crippen LogP contribution in [-0.2, 0) is 20.9 Å². The first-order chi connectivity index (χ1) is 10.0. The maximum atomic E-state index is 12.2. The molecule has 0 aliphatic rings. The zero-order valence-corrected chi connectivity index (χ0v) is 13.0. The number of carbonyl (C=O) groups is 2. The first kappa shape index (κ1) is 17.0. The fraction of sp³-hybridized carbons (Fsp3) is 0.412. The number of carbonyl (C=O) groups excluding carboxylic acids is 2. The lowest BCUT2D eigenvalue weighted by atomic mass is 10.2. The van der Waals surface area contributed by atoms with Crippen molar-refractivity contribution in [2.24, 2.45) is 0 Å². The van der Waals surface area contributed by atoms with Gasteiger partial charge in [-0.05, 0) is 26.3 Å². The lowest BCUT2D eigenvalue weighted by Gasteiger charge is -2.21. The van der Waals surface area contributed by atoms with E-state index in [1.54, 1.807) is 17.9 Å². The van der Waals surface area contributed by atoms with Crippen LogP contribution in [0.1, 0.15) is 32.8 Å². The molecule has 1 rings (SSSR count). The second-order valence-electron chi connectivity index (χ2n) is 5.02. The van der Waals surface area contributed by atoms with E-state index in [1.807, 2.05) is 44.2 Å². The molecule has 0 heterocycles. The quantitative estimate of drug-likeness (QED) is 0.573. The van der Waals surface area contributed by atoms with Crippen LogP contribution in [-0.4, -0.2) is 29.9 Å². The fourth-order valence-corrected chi connectivity index (χ4v) is 1.87. The van der Waals surface area contributed by atoms with E-state index in [2.05, 4.69) is 0 Å². The molecule has 0 fully saturated rings. The predicted molar refractivity (Wildman–Crippen MR) is 82.5 cm³/mol. The van der Waals surface area contributed by atoms with Crippen LogP contribution in [0.25, 0.3) is 0 Å². The van der Waals surface area contributed by atoms with Gasteiger partial charge in [0, 0.05) is 19.2 Å². The van der Waals surface area contributed by atoms with E-state index in [-0.39, 0.29) is 18.3 Å². The third-order valence-corrected chi connectivity index (χ3v) is 2.83. The lowest BCUT2D eigenvalue weighted by Crippen LogP contribution is -2.31. The van der Waals surface area contributed by atoms with Crippen molar-refractivity contribution in [2.45, 2.75) is 33.7 Å². The minimum Gasteiger partial charge on any atom is -0.466 e. The number of hydrogen-bond donors (Lipinski definition) is 0. The summed E-state index contributed by atoms with van der Waals surface area (Å²) in [7, 11) is 0. The number of ether oxygens (including phenoxy) is 1. The van der Waals surface area contributed by atoms with Gasteiger partial charge in [0.2, 0.25) is 5.91 Å². The van der Waals surface area contributed by atoms with Crippen LogP contribution in [0.2, 0.25) is 0 Å². The Labute approximate surface area is 126 Å². The van der Waals surface area contributed by atoms with Crippen molar-refractivity contribution in [1.82, 2.24) is 4.90 Å². The summed E-state index contributed by atoms with van der Waals surface area (Å²) in [5.41, 5.74) is 1.98. The van der Waals surface area contributed by atoms with E-state index in [4.69, 9.17) is 4.74 Å². The predicted octanol–water partition coefficient (Wildman–Crippen LogP) is 2.93. The van der Waals surface area contributed by atoms with E-state index < -0.39 is 0 Å². The summed E-state index contributed by atoms with van der Waals surface area (Å²) >= 11 is 0. The molecule has 0 spiro atoms. The maximum absolute atomic E-state index is 12.2. The molecule has 0 saturated heterocycles. The van der Waals surface area contributed by atoms with Crippen LogP contribution in [0, 0.1) is 0 Å². The molecule has 0 atom stereocenters. The molecule has 0 aromatic heterocycles. The summed E-state index contributed by atoms with van der Waals surface area (Å²) in [6, 6.07) is 9.74. The molecule has 1 aromatic rings. The fourth-order valence-electron chi connectivity index (χ4n) is 1.87. The molecular formula is C17H23NO3. The highest BCUT2D eigenvalue weighted by atomic mass is 16.5. The number of amides is 1. The van der Waals surface area contributed by atoms with Gasteiger partial charge in [-0.2, -0.15) is 0 Å². The third kappa shape index (κ3) is 6.75. The molecule has 0 N–H and O–H groups in total. The zero-order valence-electron chi connectivity index (χ0n) is 13.0. The molecule has 1 aromatic carbocycles. The van der Waals surface area contributed by atoms with E-state index in [0.717, 1.165) is 11.1 Å². The molecule has 0 saturated carbocycles. The number of hydrogen-bond acceptors (Lipinski definition) is 3. The summed E-state index contributed by atoms with van der Waals surface area (Å²) in [5.74, 6) is -0.358. The van der Waals surface area contributed by atoms with Gasteiger partial charge >= 0.3 is 5.97 Å². The van der Waals surface area contributed by atoms with Gasteiger partial charge in [-0.15, -0.1) is 0 Å². The Bertz CT molecular complexity index is 490. The molecular weight excluding hydrogens is 266 g/mol. The summed E-state index contributed by atoms with van der Waals surface area (Å²) in [4.78, 5) is 25.4. The highest BCUT2D eigenvalue weighted by molar-refractivity contribution is 5.88. The van der Waals surface area contributed by atoms with Gasteiger partial charge in [0.25, 0.3) is 0 Å². The minimum atomic E-state index is -0.277. The van der Waals surface area contributed by atoms with Crippen LogP contribution >= 0.6 is 0 Å². The van der Waals surface area contributed by atoms with Crippen LogP contribution in [0.3, 0.4) is 0 Å². The van der Waals surface area contributed by atoms with Crippen molar-refractivity contribution < 1.29 is 14.3 Å². The standard InChI is InChI=1S/C17H23NO3/c1-4-21-17(20)10-11-18(16(19)12-14(2)3)13-15-8-6-5-7-9-15/h5-9,12H,4,10-11,13H2,1-3H3. The Kier molecular flexibility index (Phi) is 7.23. The second kappa shape index (κ2) is 8.95. The van der Waals surface area contributed by atoms with Crippen LogP contribution < -0.4 is 0 Å². The Morgan fingerprint density at radius 3 is 2.43 bits per heavy atom. The highest BCUT2D eigenvalue weighted by Gasteiger charge is 2.14. The van der Waals surface area contributed by atoms with Crippen molar-refractivity contribution in [2.75, 3.05) is 13.2 Å². The smallest absolute Gasteiger partial charge is 0.307 e. The first-order valence-corrected chi connectivity index (χ1v) is 7.16. The second-order valence-corrected chi connectivity index (χ2v) is 5.02. The highest BCUT2D eigenvalue weighted by Crippen LogP contribution is 2.07. The average molecular weight is 289 g/mol. The lowest BCUT2D eigenvalue weighted by molar-refractivity contribution is -0.143. The number of rotatable bonds is 7. The van der Waals surface area contributed by atoms with E-state index in [0.29, 0.717) is 19.7 Å². The normalized spacial score (nSPS) is 9.86. The van der Waals surface area contributed by atoms with Gasteiger partial charge in [-0.3, -0.25) is 9.59 Å². The number of esters is 1. The summed E-state index contributed by atoms with van der Waals surface area (Å²) in [6.07, 6.45) is 1.80. The average Bonchev–Trinajstić information content (AvgIpc) is 2.44.